The third-order valence-corrected chi connectivity index (χ3v) is 3.58. The molecule has 0 aliphatic rings. The molecule has 0 saturated carbocycles. The van der Waals surface area contributed by atoms with Crippen molar-refractivity contribution in [1.82, 2.24) is 20.2 Å². The van der Waals surface area contributed by atoms with Gasteiger partial charge in [-0.2, -0.15) is 5.21 Å². The maximum atomic E-state index is 12.3. The molecule has 3 rings (SSSR count). The highest BCUT2D eigenvalue weighted by atomic mass is 32.1. The summed E-state index contributed by atoms with van der Waals surface area (Å²) in [5.74, 6) is -0.426. The number of aromatic amines is 1. The molecule has 7 heteroatoms. The minimum Gasteiger partial charge on any atom is -0.451 e. The number of hydrogen-bond donors (Lipinski definition) is 1. The van der Waals surface area contributed by atoms with Gasteiger partial charge in [0.15, 0.2) is 6.10 Å². The highest BCUT2D eigenvalue weighted by molar-refractivity contribution is 7.71. The summed E-state index contributed by atoms with van der Waals surface area (Å²) in [6.45, 7) is -0.0675. The van der Waals surface area contributed by atoms with Crippen LogP contribution in [0.3, 0.4) is 0 Å². The summed E-state index contributed by atoms with van der Waals surface area (Å²) in [6, 6.07) is 19.2. The van der Waals surface area contributed by atoms with Gasteiger partial charge >= 0.3 is 5.97 Å². The molecule has 0 saturated heterocycles. The summed E-state index contributed by atoms with van der Waals surface area (Å²) in [5, 5.41) is 9.72. The third-order valence-electron chi connectivity index (χ3n) is 3.27. The van der Waals surface area contributed by atoms with E-state index in [9.17, 15) is 4.79 Å². The average molecular weight is 326 g/mol. The molecule has 0 aliphatic heterocycles. The quantitative estimate of drug-likeness (QED) is 0.576. The van der Waals surface area contributed by atoms with Crippen LogP contribution in [0, 0.1) is 4.77 Å². The summed E-state index contributed by atoms with van der Waals surface area (Å²) in [6.07, 6.45) is -0.477. The predicted octanol–water partition coefficient (Wildman–Crippen LogP) is 2.67. The van der Waals surface area contributed by atoms with Crippen LogP contribution in [0.25, 0.3) is 0 Å². The highest BCUT2D eigenvalue weighted by Crippen LogP contribution is 2.25. The van der Waals surface area contributed by atoms with E-state index in [1.54, 1.807) is 0 Å². The number of nitrogens with zero attached hydrogens (tertiary/aromatic N) is 3. The van der Waals surface area contributed by atoms with Crippen molar-refractivity contribution in [1.29, 1.82) is 0 Å². The molecule has 0 spiro atoms. The molecular formula is C16H14N4O2S. The van der Waals surface area contributed by atoms with E-state index in [1.807, 2.05) is 60.7 Å². The Morgan fingerprint density at radius 3 is 2.13 bits per heavy atom. The first kappa shape index (κ1) is 15.1. The van der Waals surface area contributed by atoms with Crippen molar-refractivity contribution in [2.75, 3.05) is 0 Å². The second-order valence-electron chi connectivity index (χ2n) is 4.86. The number of aromatic nitrogens is 4. The molecular weight excluding hydrogens is 312 g/mol. The first-order chi connectivity index (χ1) is 11.2. The van der Waals surface area contributed by atoms with Gasteiger partial charge in [-0.15, -0.1) is 0 Å². The molecule has 0 unspecified atom stereocenters. The summed E-state index contributed by atoms with van der Waals surface area (Å²) >= 11 is 4.95. The van der Waals surface area contributed by atoms with E-state index in [2.05, 4.69) is 15.5 Å². The smallest absolute Gasteiger partial charge is 0.328 e. The first-order valence-corrected chi connectivity index (χ1v) is 7.42. The van der Waals surface area contributed by atoms with Gasteiger partial charge in [0, 0.05) is 0 Å². The zero-order chi connectivity index (χ0) is 16.1. The summed E-state index contributed by atoms with van der Waals surface area (Å²) in [4.78, 5) is 12.3. The van der Waals surface area contributed by atoms with Gasteiger partial charge in [0.25, 0.3) is 0 Å². The van der Waals surface area contributed by atoms with E-state index in [1.165, 1.54) is 4.68 Å². The van der Waals surface area contributed by atoms with Crippen LogP contribution in [0.2, 0.25) is 0 Å². The molecule has 0 bridgehead atoms. The second-order valence-corrected chi connectivity index (χ2v) is 5.23. The van der Waals surface area contributed by atoms with Crippen molar-refractivity contribution < 1.29 is 9.53 Å². The SMILES string of the molecule is O=C(Cn1[nH]nnc1=S)OC(c1ccccc1)c1ccccc1. The lowest BCUT2D eigenvalue weighted by Crippen LogP contribution is -2.18. The van der Waals surface area contributed by atoms with Crippen molar-refractivity contribution >= 4 is 18.2 Å². The van der Waals surface area contributed by atoms with E-state index in [0.717, 1.165) is 11.1 Å². The molecule has 0 atom stereocenters. The number of carbonyl (C=O) groups is 1. The third kappa shape index (κ3) is 3.70. The van der Waals surface area contributed by atoms with Gasteiger partial charge in [-0.25, -0.2) is 4.68 Å². The van der Waals surface area contributed by atoms with E-state index < -0.39 is 12.1 Å². The molecule has 6 nitrogen and oxygen atoms in total. The van der Waals surface area contributed by atoms with Gasteiger partial charge in [-0.1, -0.05) is 71.0 Å². The maximum absolute atomic E-state index is 12.3. The topological polar surface area (TPSA) is 72.8 Å². The number of benzene rings is 2. The Kier molecular flexibility index (Phi) is 4.58. The minimum absolute atomic E-state index is 0.0675. The van der Waals surface area contributed by atoms with Crippen molar-refractivity contribution in [3.63, 3.8) is 0 Å². The van der Waals surface area contributed by atoms with Crippen LogP contribution in [0.15, 0.2) is 60.7 Å². The van der Waals surface area contributed by atoms with Crippen LogP contribution in [0.5, 0.6) is 0 Å². The normalized spacial score (nSPS) is 10.7. The second kappa shape index (κ2) is 6.97. The Balaban J connectivity index is 1.83. The fourth-order valence-electron chi connectivity index (χ4n) is 2.20. The summed E-state index contributed by atoms with van der Waals surface area (Å²) in [7, 11) is 0. The van der Waals surface area contributed by atoms with Gasteiger partial charge < -0.3 is 4.74 Å². The Bertz CT molecular complexity index is 790. The molecule has 1 N–H and O–H groups in total. The first-order valence-electron chi connectivity index (χ1n) is 7.01. The molecule has 0 amide bonds. The van der Waals surface area contributed by atoms with Crippen LogP contribution in [-0.4, -0.2) is 26.2 Å². The van der Waals surface area contributed by atoms with E-state index in [4.69, 9.17) is 17.0 Å². The minimum atomic E-state index is -0.477. The highest BCUT2D eigenvalue weighted by Gasteiger charge is 2.19. The van der Waals surface area contributed by atoms with Crippen molar-refractivity contribution in [3.05, 3.63) is 76.6 Å². The fraction of sp³-hybridized carbons (Fsp3) is 0.125. The zero-order valence-corrected chi connectivity index (χ0v) is 12.9. The van der Waals surface area contributed by atoms with Crippen molar-refractivity contribution in [3.8, 4) is 0 Å². The Labute approximate surface area is 137 Å². The zero-order valence-electron chi connectivity index (χ0n) is 12.1. The molecule has 23 heavy (non-hydrogen) atoms. The summed E-state index contributed by atoms with van der Waals surface area (Å²) in [5.41, 5.74) is 1.80. The number of tetrazole rings is 1. The van der Waals surface area contributed by atoms with E-state index in [-0.39, 0.29) is 11.3 Å². The van der Waals surface area contributed by atoms with Crippen molar-refractivity contribution in [2.45, 2.75) is 12.6 Å². The lowest BCUT2D eigenvalue weighted by atomic mass is 10.0. The maximum Gasteiger partial charge on any atom is 0.328 e. The van der Waals surface area contributed by atoms with Gasteiger partial charge in [0.2, 0.25) is 4.77 Å². The Hall–Kier alpha value is -2.80. The monoisotopic (exact) mass is 326 g/mol. The molecule has 3 aromatic rings. The lowest BCUT2D eigenvalue weighted by Gasteiger charge is -2.18. The number of ether oxygens (including phenoxy) is 1. The van der Waals surface area contributed by atoms with Gasteiger partial charge in [0.05, 0.1) is 0 Å². The van der Waals surface area contributed by atoms with Gasteiger partial charge in [0.1, 0.15) is 6.54 Å². The summed E-state index contributed by atoms with van der Waals surface area (Å²) < 4.78 is 7.23. The number of esters is 1. The van der Waals surface area contributed by atoms with Crippen LogP contribution < -0.4 is 0 Å². The molecule has 1 aromatic heterocycles. The van der Waals surface area contributed by atoms with Gasteiger partial charge in [-0.05, 0) is 23.3 Å². The number of H-pyrrole nitrogens is 1. The van der Waals surface area contributed by atoms with Gasteiger partial charge in [-0.3, -0.25) is 4.79 Å². The molecule has 2 aromatic carbocycles. The largest absolute Gasteiger partial charge is 0.451 e. The van der Waals surface area contributed by atoms with E-state index >= 15 is 0 Å². The standard InChI is InChI=1S/C16H14N4O2S/c21-14(11-20-16(23)17-18-19-20)22-15(12-7-3-1-4-8-12)13-9-5-2-6-10-13/h1-10,15H,11H2,(H,17,19,23). The number of hydrogen-bond acceptors (Lipinski definition) is 5. The van der Waals surface area contributed by atoms with Crippen LogP contribution >= 0.6 is 12.2 Å². The van der Waals surface area contributed by atoms with Crippen LogP contribution in [-0.2, 0) is 16.1 Å². The van der Waals surface area contributed by atoms with E-state index in [0.29, 0.717) is 0 Å². The average Bonchev–Trinajstić information content (AvgIpc) is 2.99. The lowest BCUT2D eigenvalue weighted by molar-refractivity contribution is -0.148. The number of rotatable bonds is 5. The van der Waals surface area contributed by atoms with Crippen LogP contribution in [0.4, 0.5) is 0 Å². The molecule has 0 fully saturated rings. The van der Waals surface area contributed by atoms with Crippen LogP contribution in [0.1, 0.15) is 17.2 Å². The Morgan fingerprint density at radius 1 is 1.09 bits per heavy atom. The fourth-order valence-corrected chi connectivity index (χ4v) is 2.35. The predicted molar refractivity (Wildman–Crippen MR) is 86.0 cm³/mol. The molecule has 0 radical (unpaired) electrons. The number of nitrogens with one attached hydrogen (secondary N) is 1. The molecule has 1 heterocycles. The van der Waals surface area contributed by atoms with Crippen molar-refractivity contribution in [2.24, 2.45) is 0 Å². The number of carbonyl (C=O) groups excluding carboxylic acids is 1. The Morgan fingerprint density at radius 2 is 1.65 bits per heavy atom. The molecule has 116 valence electrons. The molecule has 0 aliphatic carbocycles.